The van der Waals surface area contributed by atoms with Gasteiger partial charge in [0.15, 0.2) is 0 Å². The number of hydrogen-bond acceptors (Lipinski definition) is 6. The van der Waals surface area contributed by atoms with Gasteiger partial charge >= 0.3 is 5.97 Å². The quantitative estimate of drug-likeness (QED) is 0.449. The number of carbonyl (C=O) groups excluding carboxylic acids is 2. The van der Waals surface area contributed by atoms with E-state index < -0.39 is 16.3 Å². The fraction of sp³-hybridized carbons (Fsp3) is 0.467. The average molecular weight is 323 g/mol. The third-order valence-electron chi connectivity index (χ3n) is 4.03. The normalized spacial score (nSPS) is 11.0. The zero-order valence-corrected chi connectivity index (χ0v) is 13.4. The molecule has 1 rings (SSSR count). The van der Waals surface area contributed by atoms with Crippen LogP contribution in [0.5, 0.6) is 0 Å². The molecule has 0 aromatic heterocycles. The zero-order chi connectivity index (χ0) is 17.6. The highest BCUT2D eigenvalue weighted by Crippen LogP contribution is 2.28. The summed E-state index contributed by atoms with van der Waals surface area (Å²) in [6, 6.07) is 3.62. The number of esters is 1. The van der Waals surface area contributed by atoms with Crippen molar-refractivity contribution in [2.24, 2.45) is 11.1 Å². The van der Waals surface area contributed by atoms with Crippen LogP contribution < -0.4 is 11.1 Å². The molecule has 0 unspecified atom stereocenters. The number of nitro groups is 1. The molecule has 0 radical (unpaired) electrons. The second-order valence-corrected chi connectivity index (χ2v) is 5.16. The number of nitro benzene ring substituents is 1. The van der Waals surface area contributed by atoms with Gasteiger partial charge in [-0.15, -0.1) is 0 Å². The van der Waals surface area contributed by atoms with Crippen LogP contribution in [-0.4, -0.2) is 30.5 Å². The van der Waals surface area contributed by atoms with Crippen molar-refractivity contribution in [3.63, 3.8) is 0 Å². The van der Waals surface area contributed by atoms with Crippen LogP contribution in [0, 0.1) is 15.5 Å². The van der Waals surface area contributed by atoms with Crippen LogP contribution in [0.1, 0.15) is 37.0 Å². The van der Waals surface area contributed by atoms with Gasteiger partial charge in [-0.05, 0) is 18.9 Å². The van der Waals surface area contributed by atoms with Gasteiger partial charge in [-0.3, -0.25) is 14.9 Å². The molecule has 1 amide bonds. The molecule has 0 saturated carbocycles. The first-order valence-corrected chi connectivity index (χ1v) is 7.22. The predicted octanol–water partition coefficient (Wildman–Crippen LogP) is 2.08. The largest absolute Gasteiger partial charge is 0.465 e. The fourth-order valence-electron chi connectivity index (χ4n) is 2.24. The number of carbonyl (C=O) groups is 2. The Labute approximate surface area is 134 Å². The summed E-state index contributed by atoms with van der Waals surface area (Å²) >= 11 is 0. The highest BCUT2D eigenvalue weighted by Gasteiger charge is 2.33. The van der Waals surface area contributed by atoms with Crippen molar-refractivity contribution in [1.82, 2.24) is 0 Å². The maximum absolute atomic E-state index is 12.5. The number of nitrogens with two attached hydrogens (primary N) is 1. The summed E-state index contributed by atoms with van der Waals surface area (Å²) in [5.41, 5.74) is 4.80. The summed E-state index contributed by atoms with van der Waals surface area (Å²) in [6.07, 6.45) is 1.06. The Bertz CT molecular complexity index is 603. The first-order chi connectivity index (χ1) is 10.8. The number of benzene rings is 1. The SMILES string of the molecule is CCC(CC)(CN)C(=O)Nc1cc(C(=O)OC)cc([N+](=O)[O-])c1. The van der Waals surface area contributed by atoms with E-state index in [1.165, 1.54) is 19.2 Å². The smallest absolute Gasteiger partial charge is 0.338 e. The second kappa shape index (κ2) is 7.68. The number of ether oxygens (including phenoxy) is 1. The minimum absolute atomic E-state index is 0.0108. The molecule has 0 spiro atoms. The highest BCUT2D eigenvalue weighted by atomic mass is 16.6. The van der Waals surface area contributed by atoms with Crippen LogP contribution in [0.3, 0.4) is 0 Å². The van der Waals surface area contributed by atoms with Gasteiger partial charge in [-0.25, -0.2) is 4.79 Å². The maximum Gasteiger partial charge on any atom is 0.338 e. The maximum atomic E-state index is 12.5. The van der Waals surface area contributed by atoms with E-state index in [4.69, 9.17) is 5.73 Å². The van der Waals surface area contributed by atoms with Crippen LogP contribution >= 0.6 is 0 Å². The first-order valence-electron chi connectivity index (χ1n) is 7.22. The Morgan fingerprint density at radius 2 is 1.91 bits per heavy atom. The van der Waals surface area contributed by atoms with E-state index in [1.807, 2.05) is 13.8 Å². The van der Waals surface area contributed by atoms with E-state index in [0.29, 0.717) is 12.8 Å². The number of nitrogens with one attached hydrogen (secondary N) is 1. The van der Waals surface area contributed by atoms with Gasteiger partial charge in [0.25, 0.3) is 5.69 Å². The number of hydrogen-bond donors (Lipinski definition) is 2. The number of nitrogens with zero attached hydrogens (tertiary/aromatic N) is 1. The summed E-state index contributed by atoms with van der Waals surface area (Å²) in [4.78, 5) is 34.4. The molecule has 1 aromatic rings. The van der Waals surface area contributed by atoms with Gasteiger partial charge in [0, 0.05) is 24.4 Å². The Hall–Kier alpha value is -2.48. The molecule has 0 atom stereocenters. The number of amides is 1. The van der Waals surface area contributed by atoms with Crippen LogP contribution in [0.4, 0.5) is 11.4 Å². The average Bonchev–Trinajstić information content (AvgIpc) is 2.55. The molecule has 0 aliphatic carbocycles. The Morgan fingerprint density at radius 3 is 2.35 bits per heavy atom. The third kappa shape index (κ3) is 4.04. The highest BCUT2D eigenvalue weighted by molar-refractivity contribution is 5.98. The van der Waals surface area contributed by atoms with Crippen molar-refractivity contribution in [3.8, 4) is 0 Å². The number of non-ortho nitro benzene ring substituents is 1. The molecule has 1 aromatic carbocycles. The Morgan fingerprint density at radius 1 is 1.30 bits per heavy atom. The van der Waals surface area contributed by atoms with Crippen molar-refractivity contribution in [3.05, 3.63) is 33.9 Å². The van der Waals surface area contributed by atoms with Gasteiger partial charge < -0.3 is 15.8 Å². The third-order valence-corrected chi connectivity index (χ3v) is 4.03. The van der Waals surface area contributed by atoms with E-state index in [1.54, 1.807) is 0 Å². The van der Waals surface area contributed by atoms with Crippen LogP contribution in [-0.2, 0) is 9.53 Å². The molecule has 126 valence electrons. The second-order valence-electron chi connectivity index (χ2n) is 5.16. The zero-order valence-electron chi connectivity index (χ0n) is 13.4. The van der Waals surface area contributed by atoms with Gasteiger partial charge in [0.1, 0.15) is 0 Å². The number of methoxy groups -OCH3 is 1. The van der Waals surface area contributed by atoms with E-state index in [9.17, 15) is 19.7 Å². The monoisotopic (exact) mass is 323 g/mol. The van der Waals surface area contributed by atoms with Gasteiger partial charge in [0.05, 0.1) is 23.0 Å². The number of anilines is 1. The van der Waals surface area contributed by atoms with Crippen molar-refractivity contribution < 1.29 is 19.2 Å². The van der Waals surface area contributed by atoms with Gasteiger partial charge in [-0.2, -0.15) is 0 Å². The molecule has 0 heterocycles. The van der Waals surface area contributed by atoms with Gasteiger partial charge in [-0.1, -0.05) is 13.8 Å². The molecular formula is C15H21N3O5. The molecule has 0 aliphatic heterocycles. The minimum Gasteiger partial charge on any atom is -0.465 e. The van der Waals surface area contributed by atoms with Crippen LogP contribution in [0.25, 0.3) is 0 Å². The van der Waals surface area contributed by atoms with Crippen molar-refractivity contribution in [2.45, 2.75) is 26.7 Å². The summed E-state index contributed by atoms with van der Waals surface area (Å²) in [5, 5.41) is 13.6. The molecule has 0 aliphatic rings. The van der Waals surface area contributed by atoms with E-state index in [-0.39, 0.29) is 29.4 Å². The summed E-state index contributed by atoms with van der Waals surface area (Å²) in [7, 11) is 1.17. The molecule has 23 heavy (non-hydrogen) atoms. The lowest BCUT2D eigenvalue weighted by Crippen LogP contribution is -2.41. The van der Waals surface area contributed by atoms with Crippen molar-refractivity contribution in [1.29, 1.82) is 0 Å². The van der Waals surface area contributed by atoms with Crippen LogP contribution in [0.15, 0.2) is 18.2 Å². The molecule has 3 N–H and O–H groups in total. The van der Waals surface area contributed by atoms with E-state index in [0.717, 1.165) is 6.07 Å². The van der Waals surface area contributed by atoms with Crippen LogP contribution in [0.2, 0.25) is 0 Å². The topological polar surface area (TPSA) is 125 Å². The lowest BCUT2D eigenvalue weighted by Gasteiger charge is -2.28. The fourth-order valence-corrected chi connectivity index (χ4v) is 2.24. The molecular weight excluding hydrogens is 302 g/mol. The molecule has 0 bridgehead atoms. The lowest BCUT2D eigenvalue weighted by molar-refractivity contribution is -0.384. The molecule has 0 fully saturated rings. The summed E-state index contributed by atoms with van der Waals surface area (Å²) < 4.78 is 4.57. The van der Waals surface area contributed by atoms with Crippen molar-refractivity contribution >= 4 is 23.3 Å². The lowest BCUT2D eigenvalue weighted by atomic mass is 9.81. The summed E-state index contributed by atoms with van der Waals surface area (Å²) in [6.45, 7) is 3.86. The molecule has 8 nitrogen and oxygen atoms in total. The Kier molecular flexibility index (Phi) is 6.20. The van der Waals surface area contributed by atoms with Crippen molar-refractivity contribution in [2.75, 3.05) is 19.0 Å². The Balaban J connectivity index is 3.22. The minimum atomic E-state index is -0.754. The summed E-state index contributed by atoms with van der Waals surface area (Å²) in [5.74, 6) is -1.05. The molecule has 8 heteroatoms. The first kappa shape index (κ1) is 18.6. The number of rotatable bonds is 7. The van der Waals surface area contributed by atoms with E-state index >= 15 is 0 Å². The standard InChI is InChI=1S/C15H21N3O5/c1-4-15(5-2,9-16)14(20)17-11-6-10(13(19)23-3)7-12(8-11)18(21)22/h6-8H,4-5,9,16H2,1-3H3,(H,17,20). The van der Waals surface area contributed by atoms with E-state index in [2.05, 4.69) is 10.1 Å². The van der Waals surface area contributed by atoms with Gasteiger partial charge in [0.2, 0.25) is 5.91 Å². The predicted molar refractivity (Wildman–Crippen MR) is 85.1 cm³/mol. The molecule has 0 saturated heterocycles.